The van der Waals surface area contributed by atoms with Crippen molar-refractivity contribution in [3.63, 3.8) is 0 Å². The minimum atomic E-state index is 0.167. The van der Waals surface area contributed by atoms with Gasteiger partial charge in [0.1, 0.15) is 0 Å². The van der Waals surface area contributed by atoms with E-state index in [1.54, 1.807) is 0 Å². The van der Waals surface area contributed by atoms with Gasteiger partial charge in [0.25, 0.3) is 0 Å². The van der Waals surface area contributed by atoms with E-state index in [-0.39, 0.29) is 5.60 Å². The van der Waals surface area contributed by atoms with E-state index in [2.05, 4.69) is 34.6 Å². The van der Waals surface area contributed by atoms with Crippen LogP contribution < -0.4 is 0 Å². The summed E-state index contributed by atoms with van der Waals surface area (Å²) >= 11 is 0. The molecular weight excluding hydrogens is 232 g/mol. The molecule has 0 spiro atoms. The monoisotopic (exact) mass is 264 g/mol. The van der Waals surface area contributed by atoms with Gasteiger partial charge in [0.15, 0.2) is 0 Å². The molecule has 1 heterocycles. The molecule has 1 heteroatoms. The van der Waals surface area contributed by atoms with Gasteiger partial charge in [0, 0.05) is 6.61 Å². The lowest BCUT2D eigenvalue weighted by atomic mass is 9.38. The molecule has 110 valence electrons. The minimum absolute atomic E-state index is 0.167. The second-order valence-corrected chi connectivity index (χ2v) is 8.84. The molecule has 3 fully saturated rings. The van der Waals surface area contributed by atoms with Gasteiger partial charge in [0.05, 0.1) is 5.60 Å². The molecule has 0 N–H and O–H groups in total. The highest BCUT2D eigenvalue weighted by Crippen LogP contribution is 2.70. The third-order valence-corrected chi connectivity index (χ3v) is 7.95. The molecular formula is C18H32O. The van der Waals surface area contributed by atoms with Crippen molar-refractivity contribution in [2.24, 2.45) is 22.2 Å². The Morgan fingerprint density at radius 2 is 1.58 bits per heavy atom. The molecule has 0 amide bonds. The van der Waals surface area contributed by atoms with Crippen molar-refractivity contribution >= 4 is 0 Å². The standard InChI is InChI=1S/C18H32O/c1-15(2)9-7-10-16(3)14-8-6-13-19-17(14,4)11-12-18(15,16)5/h14H,6-13H2,1-5H3/t14-,16+,17-,18-/m0/s1. The lowest BCUT2D eigenvalue weighted by molar-refractivity contribution is -0.248. The van der Waals surface area contributed by atoms with Crippen molar-refractivity contribution in [3.05, 3.63) is 0 Å². The lowest BCUT2D eigenvalue weighted by Crippen LogP contribution is -2.64. The van der Waals surface area contributed by atoms with E-state index in [0.717, 1.165) is 12.5 Å². The molecule has 2 aliphatic carbocycles. The van der Waals surface area contributed by atoms with Crippen molar-refractivity contribution in [3.8, 4) is 0 Å². The Balaban J connectivity index is 2.05. The third kappa shape index (κ3) is 1.63. The molecule has 1 aliphatic heterocycles. The summed E-state index contributed by atoms with van der Waals surface area (Å²) in [5, 5.41) is 0. The SMILES string of the molecule is CC1(C)CCC[C@]2(C)[C@@H]3CCCO[C@@]3(C)CC[C@@]12C. The van der Waals surface area contributed by atoms with Gasteiger partial charge in [-0.3, -0.25) is 0 Å². The van der Waals surface area contributed by atoms with Crippen LogP contribution >= 0.6 is 0 Å². The molecule has 2 saturated carbocycles. The summed E-state index contributed by atoms with van der Waals surface area (Å²) in [5.41, 5.74) is 1.62. The predicted molar refractivity (Wildman–Crippen MR) is 80.2 cm³/mol. The highest BCUT2D eigenvalue weighted by Gasteiger charge is 2.65. The fraction of sp³-hybridized carbons (Fsp3) is 1.00. The van der Waals surface area contributed by atoms with Crippen LogP contribution in [-0.2, 0) is 4.74 Å². The number of ether oxygens (including phenoxy) is 1. The molecule has 1 nitrogen and oxygen atoms in total. The fourth-order valence-corrected chi connectivity index (χ4v) is 6.14. The van der Waals surface area contributed by atoms with E-state index >= 15 is 0 Å². The first-order chi connectivity index (χ1) is 8.75. The summed E-state index contributed by atoms with van der Waals surface area (Å²) in [7, 11) is 0. The number of hydrogen-bond donors (Lipinski definition) is 0. The Hall–Kier alpha value is -0.0400. The van der Waals surface area contributed by atoms with E-state index in [4.69, 9.17) is 4.74 Å². The zero-order valence-electron chi connectivity index (χ0n) is 13.6. The van der Waals surface area contributed by atoms with Crippen LogP contribution in [0.25, 0.3) is 0 Å². The van der Waals surface area contributed by atoms with Crippen LogP contribution in [0.4, 0.5) is 0 Å². The summed E-state index contributed by atoms with van der Waals surface area (Å²) in [4.78, 5) is 0. The summed E-state index contributed by atoms with van der Waals surface area (Å²) in [6, 6.07) is 0. The van der Waals surface area contributed by atoms with Crippen molar-refractivity contribution in [1.29, 1.82) is 0 Å². The normalized spacial score (nSPS) is 53.2. The molecule has 0 unspecified atom stereocenters. The first-order valence-electron chi connectivity index (χ1n) is 8.39. The van der Waals surface area contributed by atoms with Crippen LogP contribution in [0, 0.1) is 22.2 Å². The Bertz CT molecular complexity index is 374. The van der Waals surface area contributed by atoms with Gasteiger partial charge >= 0.3 is 0 Å². The van der Waals surface area contributed by atoms with Gasteiger partial charge in [-0.05, 0) is 67.6 Å². The van der Waals surface area contributed by atoms with Gasteiger partial charge in [-0.25, -0.2) is 0 Å². The quantitative estimate of drug-likeness (QED) is 0.585. The first kappa shape index (κ1) is 13.9. The summed E-state index contributed by atoms with van der Waals surface area (Å²) in [5.74, 6) is 0.770. The van der Waals surface area contributed by atoms with E-state index in [1.165, 1.54) is 44.9 Å². The summed E-state index contributed by atoms with van der Waals surface area (Å²) < 4.78 is 6.30. The van der Waals surface area contributed by atoms with Crippen LogP contribution in [0.5, 0.6) is 0 Å². The zero-order valence-corrected chi connectivity index (χ0v) is 13.6. The highest BCUT2D eigenvalue weighted by molar-refractivity contribution is 5.14. The molecule has 0 aromatic heterocycles. The van der Waals surface area contributed by atoms with Crippen molar-refractivity contribution in [2.75, 3.05) is 6.61 Å². The smallest absolute Gasteiger partial charge is 0.0688 e. The molecule has 4 atom stereocenters. The minimum Gasteiger partial charge on any atom is -0.375 e. The topological polar surface area (TPSA) is 9.23 Å². The van der Waals surface area contributed by atoms with Crippen LogP contribution in [0.2, 0.25) is 0 Å². The van der Waals surface area contributed by atoms with E-state index in [1.807, 2.05) is 0 Å². The van der Waals surface area contributed by atoms with Gasteiger partial charge in [-0.2, -0.15) is 0 Å². The predicted octanol–water partition coefficient (Wildman–Crippen LogP) is 5.19. The number of rotatable bonds is 0. The van der Waals surface area contributed by atoms with Crippen LogP contribution in [-0.4, -0.2) is 12.2 Å². The Kier molecular flexibility index (Phi) is 2.93. The highest BCUT2D eigenvalue weighted by atomic mass is 16.5. The second-order valence-electron chi connectivity index (χ2n) is 8.84. The van der Waals surface area contributed by atoms with Crippen LogP contribution in [0.3, 0.4) is 0 Å². The largest absolute Gasteiger partial charge is 0.375 e. The number of hydrogen-bond acceptors (Lipinski definition) is 1. The molecule has 0 aromatic rings. The van der Waals surface area contributed by atoms with Crippen LogP contribution in [0.1, 0.15) is 79.6 Å². The maximum Gasteiger partial charge on any atom is 0.0688 e. The zero-order chi connectivity index (χ0) is 13.9. The average Bonchev–Trinajstić information content (AvgIpc) is 2.33. The Morgan fingerprint density at radius 1 is 0.842 bits per heavy atom. The molecule has 0 bridgehead atoms. The van der Waals surface area contributed by atoms with E-state index in [0.29, 0.717) is 16.2 Å². The van der Waals surface area contributed by atoms with Crippen molar-refractivity contribution < 1.29 is 4.74 Å². The Labute approximate surface area is 119 Å². The maximum atomic E-state index is 6.30. The maximum absolute atomic E-state index is 6.30. The van der Waals surface area contributed by atoms with Gasteiger partial charge in [-0.1, -0.05) is 34.1 Å². The first-order valence-corrected chi connectivity index (χ1v) is 8.39. The van der Waals surface area contributed by atoms with E-state index < -0.39 is 0 Å². The molecule has 3 aliphatic rings. The molecule has 19 heavy (non-hydrogen) atoms. The van der Waals surface area contributed by atoms with Crippen LogP contribution in [0.15, 0.2) is 0 Å². The van der Waals surface area contributed by atoms with Crippen molar-refractivity contribution in [2.45, 2.75) is 85.2 Å². The number of fused-ring (bicyclic) bond motifs is 3. The van der Waals surface area contributed by atoms with E-state index in [9.17, 15) is 0 Å². The molecule has 3 rings (SSSR count). The van der Waals surface area contributed by atoms with Crippen molar-refractivity contribution in [1.82, 2.24) is 0 Å². The second kappa shape index (κ2) is 4.00. The third-order valence-electron chi connectivity index (χ3n) is 7.95. The Morgan fingerprint density at radius 3 is 2.32 bits per heavy atom. The van der Waals surface area contributed by atoms with Gasteiger partial charge in [-0.15, -0.1) is 0 Å². The fourth-order valence-electron chi connectivity index (χ4n) is 6.14. The summed E-state index contributed by atoms with van der Waals surface area (Å²) in [6.45, 7) is 13.6. The van der Waals surface area contributed by atoms with Gasteiger partial charge in [0.2, 0.25) is 0 Å². The average molecular weight is 264 g/mol. The molecule has 1 saturated heterocycles. The lowest BCUT2D eigenvalue weighted by Gasteiger charge is -2.69. The summed E-state index contributed by atoms with van der Waals surface area (Å²) in [6.07, 6.45) is 9.51. The molecule has 0 radical (unpaired) electrons. The van der Waals surface area contributed by atoms with Gasteiger partial charge < -0.3 is 4.74 Å². The molecule has 0 aromatic carbocycles.